The van der Waals surface area contributed by atoms with Crippen LogP contribution in [-0.4, -0.2) is 64.7 Å². The summed E-state index contributed by atoms with van der Waals surface area (Å²) in [5.41, 5.74) is -0.141. The number of carbonyl (C=O) groups is 3. The summed E-state index contributed by atoms with van der Waals surface area (Å²) in [6.07, 6.45) is 1.55. The number of halogens is 1. The quantitative estimate of drug-likeness (QED) is 0.585. The van der Waals surface area contributed by atoms with Crippen molar-refractivity contribution in [1.82, 2.24) is 9.80 Å². The second kappa shape index (κ2) is 10.0. The summed E-state index contributed by atoms with van der Waals surface area (Å²) in [7, 11) is 0. The van der Waals surface area contributed by atoms with Crippen molar-refractivity contribution in [2.24, 2.45) is 5.92 Å². The van der Waals surface area contributed by atoms with Gasteiger partial charge in [0, 0.05) is 30.6 Å². The maximum atomic E-state index is 17.1. The fourth-order valence-electron chi connectivity index (χ4n) is 5.62. The van der Waals surface area contributed by atoms with Crippen LogP contribution < -0.4 is 5.32 Å². The van der Waals surface area contributed by atoms with Crippen molar-refractivity contribution < 1.29 is 23.5 Å². The molecule has 2 aromatic rings. The van der Waals surface area contributed by atoms with Gasteiger partial charge in [0.15, 0.2) is 5.67 Å². The van der Waals surface area contributed by atoms with Crippen molar-refractivity contribution in [3.05, 3.63) is 65.7 Å². The van der Waals surface area contributed by atoms with Crippen molar-refractivity contribution in [1.29, 1.82) is 0 Å². The fraction of sp³-hybridized carbons (Fsp3) is 0.500. The van der Waals surface area contributed by atoms with Crippen LogP contribution in [-0.2, 0) is 20.7 Å². The monoisotopic (exact) mass is 521 g/mol. The van der Waals surface area contributed by atoms with Crippen LogP contribution in [0.4, 0.5) is 14.9 Å². The molecule has 1 unspecified atom stereocenters. The lowest BCUT2D eigenvalue weighted by Gasteiger charge is -2.36. The SMILES string of the molecule is CC(C)(C)OC(=O)N1C[C@@H](Cc2ccccc2)[C@](F)(CN(C(=O)C2CC(=O)Nc3ccccc32)C2CC2)C1. The number of amides is 3. The van der Waals surface area contributed by atoms with Gasteiger partial charge in [0.2, 0.25) is 11.8 Å². The molecule has 7 nitrogen and oxygen atoms in total. The minimum absolute atomic E-state index is 0.0375. The second-order valence-corrected chi connectivity index (χ2v) is 11.9. The predicted octanol–water partition coefficient (Wildman–Crippen LogP) is 4.92. The molecule has 0 spiro atoms. The van der Waals surface area contributed by atoms with E-state index >= 15 is 4.39 Å². The van der Waals surface area contributed by atoms with Crippen LogP contribution >= 0.6 is 0 Å². The van der Waals surface area contributed by atoms with Crippen molar-refractivity contribution in [3.63, 3.8) is 0 Å². The Balaban J connectivity index is 1.42. The van der Waals surface area contributed by atoms with Crippen LogP contribution in [0, 0.1) is 5.92 Å². The summed E-state index contributed by atoms with van der Waals surface area (Å²) in [4.78, 5) is 42.4. The number of benzene rings is 2. The molecule has 1 saturated heterocycles. The number of fused-ring (bicyclic) bond motifs is 1. The van der Waals surface area contributed by atoms with Gasteiger partial charge in [-0.05, 0) is 57.2 Å². The van der Waals surface area contributed by atoms with E-state index < -0.39 is 29.2 Å². The Morgan fingerprint density at radius 1 is 1.11 bits per heavy atom. The van der Waals surface area contributed by atoms with Crippen molar-refractivity contribution in [2.45, 2.75) is 69.7 Å². The van der Waals surface area contributed by atoms with E-state index in [0.29, 0.717) is 12.1 Å². The largest absolute Gasteiger partial charge is 0.444 e. The molecule has 2 aliphatic heterocycles. The smallest absolute Gasteiger partial charge is 0.410 e. The van der Waals surface area contributed by atoms with E-state index in [4.69, 9.17) is 4.74 Å². The van der Waals surface area contributed by atoms with Gasteiger partial charge in [-0.15, -0.1) is 0 Å². The van der Waals surface area contributed by atoms with Gasteiger partial charge in [0.1, 0.15) is 5.60 Å². The maximum absolute atomic E-state index is 17.1. The molecule has 2 aromatic carbocycles. The number of nitrogens with zero attached hydrogens (tertiary/aromatic N) is 2. The predicted molar refractivity (Wildman–Crippen MR) is 142 cm³/mol. The highest BCUT2D eigenvalue weighted by Gasteiger charge is 2.53. The molecule has 2 fully saturated rings. The summed E-state index contributed by atoms with van der Waals surface area (Å²) < 4.78 is 22.7. The standard InChI is InChI=1S/C30H36FN3O4/c1-29(2,3)38-28(37)33-17-21(15-20-9-5-4-6-10-20)30(31,18-33)19-34(22-13-14-22)27(36)24-16-26(35)32-25-12-8-7-11-23(24)25/h4-12,21-22,24H,13-19H2,1-3H3,(H,32,35)/t21-,24?,30-/m1/s1. The van der Waals surface area contributed by atoms with Gasteiger partial charge in [-0.2, -0.15) is 0 Å². The maximum Gasteiger partial charge on any atom is 0.410 e. The molecule has 0 bridgehead atoms. The molecule has 0 aromatic heterocycles. The van der Waals surface area contributed by atoms with E-state index in [-0.39, 0.29) is 43.9 Å². The Bertz CT molecular complexity index is 1210. The summed E-state index contributed by atoms with van der Waals surface area (Å²) in [5.74, 6) is -1.60. The third kappa shape index (κ3) is 5.69. The first-order valence-corrected chi connectivity index (χ1v) is 13.4. The normalized spacial score (nSPS) is 24.9. The van der Waals surface area contributed by atoms with Crippen molar-refractivity contribution in [2.75, 3.05) is 25.0 Å². The van der Waals surface area contributed by atoms with Gasteiger partial charge in [-0.25, -0.2) is 9.18 Å². The van der Waals surface area contributed by atoms with Gasteiger partial charge in [0.25, 0.3) is 0 Å². The third-order valence-corrected chi connectivity index (χ3v) is 7.60. The van der Waals surface area contributed by atoms with Crippen LogP contribution in [0.25, 0.3) is 0 Å². The summed E-state index contributed by atoms with van der Waals surface area (Å²) >= 11 is 0. The van der Waals surface area contributed by atoms with E-state index in [2.05, 4.69) is 5.32 Å². The number of ether oxygens (including phenoxy) is 1. The topological polar surface area (TPSA) is 79.0 Å². The van der Waals surface area contributed by atoms with Gasteiger partial charge in [-0.3, -0.25) is 9.59 Å². The molecule has 1 aliphatic carbocycles. The first kappa shape index (κ1) is 26.2. The van der Waals surface area contributed by atoms with E-state index in [0.717, 1.165) is 24.0 Å². The zero-order chi connectivity index (χ0) is 27.1. The fourth-order valence-corrected chi connectivity index (χ4v) is 5.62. The van der Waals surface area contributed by atoms with Gasteiger partial charge >= 0.3 is 6.09 Å². The molecule has 38 heavy (non-hydrogen) atoms. The molecule has 0 radical (unpaired) electrons. The van der Waals surface area contributed by atoms with Gasteiger partial charge in [0.05, 0.1) is 19.0 Å². The van der Waals surface area contributed by atoms with Crippen LogP contribution in [0.3, 0.4) is 0 Å². The minimum Gasteiger partial charge on any atom is -0.444 e. The summed E-state index contributed by atoms with van der Waals surface area (Å²) in [5, 5.41) is 2.84. The lowest BCUT2D eigenvalue weighted by molar-refractivity contribution is -0.137. The Hall–Kier alpha value is -3.42. The Labute approximate surface area is 223 Å². The number of nitrogens with one attached hydrogen (secondary N) is 1. The molecule has 5 rings (SSSR count). The van der Waals surface area contributed by atoms with E-state index in [9.17, 15) is 14.4 Å². The molecule has 3 aliphatic rings. The zero-order valence-electron chi connectivity index (χ0n) is 22.3. The first-order chi connectivity index (χ1) is 18.0. The molecule has 8 heteroatoms. The molecular weight excluding hydrogens is 485 g/mol. The first-order valence-electron chi connectivity index (χ1n) is 13.4. The highest BCUT2D eigenvalue weighted by Crippen LogP contribution is 2.41. The van der Waals surface area contributed by atoms with E-state index in [1.54, 1.807) is 31.7 Å². The highest BCUT2D eigenvalue weighted by molar-refractivity contribution is 6.01. The van der Waals surface area contributed by atoms with E-state index in [1.807, 2.05) is 48.5 Å². The summed E-state index contributed by atoms with van der Waals surface area (Å²) in [6, 6.07) is 16.9. The zero-order valence-corrected chi connectivity index (χ0v) is 22.3. The molecule has 2 heterocycles. The molecule has 3 amide bonds. The number of alkyl halides is 1. The van der Waals surface area contributed by atoms with Crippen LogP contribution in [0.1, 0.15) is 57.1 Å². The average molecular weight is 522 g/mol. The number of hydrogen-bond acceptors (Lipinski definition) is 4. The highest BCUT2D eigenvalue weighted by atomic mass is 19.1. The van der Waals surface area contributed by atoms with Crippen molar-refractivity contribution >= 4 is 23.6 Å². The minimum atomic E-state index is -1.82. The number of para-hydroxylation sites is 1. The number of likely N-dealkylation sites (tertiary alicyclic amines) is 1. The Kier molecular flexibility index (Phi) is 6.92. The van der Waals surface area contributed by atoms with Crippen LogP contribution in [0.2, 0.25) is 0 Å². The van der Waals surface area contributed by atoms with Crippen LogP contribution in [0.5, 0.6) is 0 Å². The third-order valence-electron chi connectivity index (χ3n) is 7.60. The molecule has 3 atom stereocenters. The molecular formula is C30H36FN3O4. The second-order valence-electron chi connectivity index (χ2n) is 11.9. The molecule has 1 N–H and O–H groups in total. The number of anilines is 1. The summed E-state index contributed by atoms with van der Waals surface area (Å²) in [6.45, 7) is 5.32. The van der Waals surface area contributed by atoms with Gasteiger partial charge in [-0.1, -0.05) is 48.5 Å². The number of rotatable bonds is 6. The molecule has 202 valence electrons. The Morgan fingerprint density at radius 2 is 1.79 bits per heavy atom. The molecule has 1 saturated carbocycles. The number of hydrogen-bond donors (Lipinski definition) is 1. The van der Waals surface area contributed by atoms with Crippen LogP contribution in [0.15, 0.2) is 54.6 Å². The number of carbonyl (C=O) groups excluding carboxylic acids is 3. The van der Waals surface area contributed by atoms with Gasteiger partial charge < -0.3 is 19.9 Å². The average Bonchev–Trinajstić information content (AvgIpc) is 3.65. The lowest BCUT2D eigenvalue weighted by atomic mass is 9.85. The lowest BCUT2D eigenvalue weighted by Crippen LogP contribution is -2.51. The Morgan fingerprint density at radius 3 is 2.47 bits per heavy atom. The van der Waals surface area contributed by atoms with Crippen molar-refractivity contribution in [3.8, 4) is 0 Å². The van der Waals surface area contributed by atoms with E-state index in [1.165, 1.54) is 4.90 Å².